The van der Waals surface area contributed by atoms with Gasteiger partial charge in [-0.2, -0.15) is 0 Å². The van der Waals surface area contributed by atoms with E-state index < -0.39 is 15.3 Å². The quantitative estimate of drug-likeness (QED) is 0.762. The molecule has 1 aliphatic rings. The summed E-state index contributed by atoms with van der Waals surface area (Å²) in [4.78, 5) is 0. The molecule has 0 aliphatic carbocycles. The molecule has 6 heteroatoms. The van der Waals surface area contributed by atoms with E-state index in [0.717, 1.165) is 19.4 Å². The molecule has 0 saturated carbocycles. The first-order valence-corrected chi connectivity index (χ1v) is 8.60. The van der Waals surface area contributed by atoms with Crippen molar-refractivity contribution in [3.8, 4) is 0 Å². The van der Waals surface area contributed by atoms with Gasteiger partial charge in [-0.25, -0.2) is 12.7 Å². The minimum absolute atomic E-state index is 0.301. The molecule has 0 amide bonds. The molecule has 19 heavy (non-hydrogen) atoms. The SMILES string of the molecule is CC(C)NCC(C)S(=O)(=O)N(C)CC1CCCOC1. The number of sulfonamides is 1. The molecule has 1 fully saturated rings. The van der Waals surface area contributed by atoms with Crippen LogP contribution in [0.3, 0.4) is 0 Å². The van der Waals surface area contributed by atoms with E-state index in [1.54, 1.807) is 14.0 Å². The molecule has 5 nitrogen and oxygen atoms in total. The number of hydrogen-bond donors (Lipinski definition) is 1. The lowest BCUT2D eigenvalue weighted by molar-refractivity contribution is 0.0494. The fraction of sp³-hybridized carbons (Fsp3) is 1.00. The van der Waals surface area contributed by atoms with Crippen LogP contribution in [-0.2, 0) is 14.8 Å². The van der Waals surface area contributed by atoms with Crippen molar-refractivity contribution < 1.29 is 13.2 Å². The molecule has 0 radical (unpaired) electrons. The summed E-state index contributed by atoms with van der Waals surface area (Å²) in [6.45, 7) is 8.34. The van der Waals surface area contributed by atoms with Crippen LogP contribution in [0.4, 0.5) is 0 Å². The van der Waals surface area contributed by atoms with E-state index in [0.29, 0.717) is 31.7 Å². The van der Waals surface area contributed by atoms with Gasteiger partial charge in [-0.15, -0.1) is 0 Å². The smallest absolute Gasteiger partial charge is 0.217 e. The van der Waals surface area contributed by atoms with Crippen molar-refractivity contribution in [1.82, 2.24) is 9.62 Å². The highest BCUT2D eigenvalue weighted by Gasteiger charge is 2.28. The highest BCUT2D eigenvalue weighted by Crippen LogP contribution is 2.17. The van der Waals surface area contributed by atoms with Gasteiger partial charge in [0.1, 0.15) is 0 Å². The topological polar surface area (TPSA) is 58.6 Å². The zero-order valence-corrected chi connectivity index (χ0v) is 13.4. The maximum atomic E-state index is 12.4. The fourth-order valence-corrected chi connectivity index (χ4v) is 3.57. The molecule has 1 heterocycles. The molecule has 0 aromatic rings. The van der Waals surface area contributed by atoms with Crippen molar-refractivity contribution in [3.63, 3.8) is 0 Å². The third kappa shape index (κ3) is 5.38. The Kier molecular flexibility index (Phi) is 6.73. The summed E-state index contributed by atoms with van der Waals surface area (Å²) in [6, 6.07) is 0.301. The van der Waals surface area contributed by atoms with Gasteiger partial charge in [0.15, 0.2) is 0 Å². The second-order valence-corrected chi connectivity index (χ2v) is 8.24. The van der Waals surface area contributed by atoms with Gasteiger partial charge in [-0.3, -0.25) is 0 Å². The van der Waals surface area contributed by atoms with Crippen molar-refractivity contribution >= 4 is 10.0 Å². The molecular formula is C13H28N2O3S. The van der Waals surface area contributed by atoms with Crippen molar-refractivity contribution in [1.29, 1.82) is 0 Å². The van der Waals surface area contributed by atoms with Crippen molar-refractivity contribution in [2.45, 2.75) is 44.9 Å². The maximum Gasteiger partial charge on any atom is 0.217 e. The summed E-state index contributed by atoms with van der Waals surface area (Å²) in [5, 5.41) is 2.78. The number of rotatable bonds is 7. The Morgan fingerprint density at radius 2 is 2.05 bits per heavy atom. The van der Waals surface area contributed by atoms with E-state index in [1.807, 2.05) is 13.8 Å². The average Bonchev–Trinajstić information content (AvgIpc) is 2.36. The molecule has 1 rings (SSSR count). The van der Waals surface area contributed by atoms with Crippen molar-refractivity contribution in [3.05, 3.63) is 0 Å². The third-order valence-electron chi connectivity index (χ3n) is 3.53. The Morgan fingerprint density at radius 3 is 2.58 bits per heavy atom. The summed E-state index contributed by atoms with van der Waals surface area (Å²) in [7, 11) is -1.54. The van der Waals surface area contributed by atoms with Gasteiger partial charge in [-0.1, -0.05) is 13.8 Å². The second kappa shape index (κ2) is 7.57. The molecule has 1 saturated heterocycles. The van der Waals surface area contributed by atoms with Crippen LogP contribution in [0.2, 0.25) is 0 Å². The number of hydrogen-bond acceptors (Lipinski definition) is 4. The summed E-state index contributed by atoms with van der Waals surface area (Å²) >= 11 is 0. The molecule has 2 unspecified atom stereocenters. The maximum absolute atomic E-state index is 12.4. The van der Waals surface area contributed by atoms with Gasteiger partial charge < -0.3 is 10.1 Å². The van der Waals surface area contributed by atoms with Gasteiger partial charge >= 0.3 is 0 Å². The van der Waals surface area contributed by atoms with Crippen LogP contribution in [0.25, 0.3) is 0 Å². The fourth-order valence-electron chi connectivity index (χ4n) is 2.23. The second-order valence-electron chi connectivity index (χ2n) is 5.78. The Balaban J connectivity index is 2.49. The Hall–Kier alpha value is -0.170. The molecule has 0 spiro atoms. The summed E-state index contributed by atoms with van der Waals surface area (Å²) < 4.78 is 31.6. The summed E-state index contributed by atoms with van der Waals surface area (Å²) in [5.74, 6) is 0.332. The van der Waals surface area contributed by atoms with Crippen LogP contribution < -0.4 is 5.32 Å². The molecule has 0 aromatic carbocycles. The first-order chi connectivity index (χ1) is 8.84. The van der Waals surface area contributed by atoms with Crippen LogP contribution >= 0.6 is 0 Å². The Labute approximate surface area is 117 Å². The summed E-state index contributed by atoms with van der Waals surface area (Å²) in [5.41, 5.74) is 0. The van der Waals surface area contributed by atoms with Gasteiger partial charge in [-0.05, 0) is 25.7 Å². The molecule has 114 valence electrons. The molecule has 2 atom stereocenters. The van der Waals surface area contributed by atoms with Crippen molar-refractivity contribution in [2.24, 2.45) is 5.92 Å². The number of nitrogens with one attached hydrogen (secondary N) is 1. The first kappa shape index (κ1) is 16.9. The van der Waals surface area contributed by atoms with E-state index >= 15 is 0 Å². The van der Waals surface area contributed by atoms with Crippen molar-refractivity contribution in [2.75, 3.05) is 33.4 Å². The van der Waals surface area contributed by atoms with Crippen LogP contribution in [-0.4, -0.2) is 57.4 Å². The lowest BCUT2D eigenvalue weighted by atomic mass is 10.0. The lowest BCUT2D eigenvalue weighted by Crippen LogP contribution is -2.44. The van der Waals surface area contributed by atoms with Crippen LogP contribution in [0, 0.1) is 5.92 Å². The van der Waals surface area contributed by atoms with E-state index in [4.69, 9.17) is 4.74 Å². The number of ether oxygens (including phenoxy) is 1. The van der Waals surface area contributed by atoms with Crippen LogP contribution in [0.5, 0.6) is 0 Å². The van der Waals surface area contributed by atoms with E-state index in [9.17, 15) is 8.42 Å². The zero-order chi connectivity index (χ0) is 14.5. The molecule has 0 bridgehead atoms. The molecule has 1 aliphatic heterocycles. The average molecular weight is 292 g/mol. The molecule has 1 N–H and O–H groups in total. The minimum Gasteiger partial charge on any atom is -0.381 e. The highest BCUT2D eigenvalue weighted by molar-refractivity contribution is 7.89. The van der Waals surface area contributed by atoms with Gasteiger partial charge in [0.25, 0.3) is 0 Å². The first-order valence-electron chi connectivity index (χ1n) is 7.10. The van der Waals surface area contributed by atoms with E-state index in [-0.39, 0.29) is 0 Å². The van der Waals surface area contributed by atoms with E-state index in [1.165, 1.54) is 4.31 Å². The monoisotopic (exact) mass is 292 g/mol. The highest BCUT2D eigenvalue weighted by atomic mass is 32.2. The van der Waals surface area contributed by atoms with Crippen LogP contribution in [0.15, 0.2) is 0 Å². The predicted molar refractivity (Wildman–Crippen MR) is 77.7 cm³/mol. The van der Waals surface area contributed by atoms with Crippen LogP contribution in [0.1, 0.15) is 33.6 Å². The third-order valence-corrected chi connectivity index (χ3v) is 5.73. The van der Waals surface area contributed by atoms with Gasteiger partial charge in [0.2, 0.25) is 10.0 Å². The molecule has 0 aromatic heterocycles. The minimum atomic E-state index is -3.22. The lowest BCUT2D eigenvalue weighted by Gasteiger charge is -2.28. The Morgan fingerprint density at radius 1 is 1.37 bits per heavy atom. The van der Waals surface area contributed by atoms with E-state index in [2.05, 4.69) is 5.32 Å². The largest absolute Gasteiger partial charge is 0.381 e. The normalized spacial score (nSPS) is 22.9. The number of nitrogens with zero attached hydrogens (tertiary/aromatic N) is 1. The standard InChI is InChI=1S/C13H28N2O3S/c1-11(2)14-8-12(3)19(16,17)15(4)9-13-6-5-7-18-10-13/h11-14H,5-10H2,1-4H3. The van der Waals surface area contributed by atoms with Gasteiger partial charge in [0, 0.05) is 32.8 Å². The molecular weight excluding hydrogens is 264 g/mol. The zero-order valence-electron chi connectivity index (χ0n) is 12.6. The summed E-state index contributed by atoms with van der Waals surface area (Å²) in [6.07, 6.45) is 2.08. The predicted octanol–water partition coefficient (Wildman–Crippen LogP) is 1.06. The van der Waals surface area contributed by atoms with Gasteiger partial charge in [0.05, 0.1) is 11.9 Å². The Bertz CT molecular complexity index is 351.